The van der Waals surface area contributed by atoms with Crippen LogP contribution >= 0.6 is 0 Å². The molecule has 1 aliphatic heterocycles. The number of ether oxygens (including phenoxy) is 2. The summed E-state index contributed by atoms with van der Waals surface area (Å²) in [6.07, 6.45) is 3.21. The van der Waals surface area contributed by atoms with Crippen LogP contribution in [0.3, 0.4) is 0 Å². The van der Waals surface area contributed by atoms with Crippen LogP contribution in [-0.2, 0) is 14.8 Å². The predicted octanol–water partition coefficient (Wildman–Crippen LogP) is 2.89. The number of nitrogens with one attached hydrogen (secondary N) is 1. The van der Waals surface area contributed by atoms with Crippen LogP contribution in [0, 0.1) is 0 Å². The van der Waals surface area contributed by atoms with Crippen LogP contribution in [0.4, 0.5) is 5.69 Å². The zero-order valence-electron chi connectivity index (χ0n) is 15.8. The van der Waals surface area contributed by atoms with Crippen molar-refractivity contribution in [3.05, 3.63) is 48.5 Å². The molecule has 7 nitrogen and oxygen atoms in total. The van der Waals surface area contributed by atoms with Crippen LogP contribution in [0.1, 0.15) is 19.3 Å². The van der Waals surface area contributed by atoms with Crippen molar-refractivity contribution in [1.29, 1.82) is 0 Å². The van der Waals surface area contributed by atoms with Gasteiger partial charge in [0.1, 0.15) is 11.5 Å². The standard InChI is InChI=1S/C20H24N2O5S/c1-26-18-7-5-6-16(14-18)21-28(24,25)19-10-8-17(9-11-19)27-15-20(23)22-12-3-2-4-13-22/h5-11,14,21H,2-4,12-13,15H2,1H3. The molecular weight excluding hydrogens is 380 g/mol. The number of amides is 1. The average molecular weight is 404 g/mol. The fourth-order valence-corrected chi connectivity index (χ4v) is 4.04. The van der Waals surface area contributed by atoms with E-state index in [4.69, 9.17) is 9.47 Å². The molecule has 0 atom stereocenters. The maximum Gasteiger partial charge on any atom is 0.261 e. The van der Waals surface area contributed by atoms with E-state index in [1.807, 2.05) is 0 Å². The third-order valence-electron chi connectivity index (χ3n) is 4.53. The molecular formula is C20H24N2O5S. The van der Waals surface area contributed by atoms with Crippen LogP contribution in [0.2, 0.25) is 0 Å². The molecule has 2 aromatic carbocycles. The lowest BCUT2D eigenvalue weighted by Gasteiger charge is -2.26. The minimum Gasteiger partial charge on any atom is -0.497 e. The normalized spacial score (nSPS) is 14.4. The molecule has 0 bridgehead atoms. The largest absolute Gasteiger partial charge is 0.497 e. The lowest BCUT2D eigenvalue weighted by molar-refractivity contribution is -0.134. The van der Waals surface area contributed by atoms with Gasteiger partial charge in [-0.1, -0.05) is 6.07 Å². The molecule has 28 heavy (non-hydrogen) atoms. The van der Waals surface area contributed by atoms with E-state index in [1.165, 1.54) is 19.2 Å². The summed E-state index contributed by atoms with van der Waals surface area (Å²) >= 11 is 0. The number of carbonyl (C=O) groups excluding carboxylic acids is 1. The Hall–Kier alpha value is -2.74. The number of methoxy groups -OCH3 is 1. The van der Waals surface area contributed by atoms with E-state index in [0.29, 0.717) is 17.2 Å². The summed E-state index contributed by atoms with van der Waals surface area (Å²) in [6.45, 7) is 1.50. The van der Waals surface area contributed by atoms with Crippen molar-refractivity contribution < 1.29 is 22.7 Å². The highest BCUT2D eigenvalue weighted by Gasteiger charge is 2.18. The number of sulfonamides is 1. The summed E-state index contributed by atoms with van der Waals surface area (Å²) in [6, 6.07) is 12.7. The van der Waals surface area contributed by atoms with Crippen molar-refractivity contribution in [3.8, 4) is 11.5 Å². The fraction of sp³-hybridized carbons (Fsp3) is 0.350. The van der Waals surface area contributed by atoms with Crippen molar-refractivity contribution in [3.63, 3.8) is 0 Å². The quantitative estimate of drug-likeness (QED) is 0.767. The Morgan fingerprint density at radius 2 is 1.75 bits per heavy atom. The summed E-state index contributed by atoms with van der Waals surface area (Å²) in [5, 5.41) is 0. The number of piperidine rings is 1. The van der Waals surface area contributed by atoms with Gasteiger partial charge in [-0.25, -0.2) is 8.42 Å². The topological polar surface area (TPSA) is 84.9 Å². The van der Waals surface area contributed by atoms with Crippen molar-refractivity contribution >= 4 is 21.6 Å². The Morgan fingerprint density at radius 3 is 2.43 bits per heavy atom. The molecule has 3 rings (SSSR count). The van der Waals surface area contributed by atoms with Gasteiger partial charge in [-0.15, -0.1) is 0 Å². The van der Waals surface area contributed by atoms with Crippen molar-refractivity contribution in [2.45, 2.75) is 24.2 Å². The molecule has 1 saturated heterocycles. The third-order valence-corrected chi connectivity index (χ3v) is 5.92. The van der Waals surface area contributed by atoms with Crippen molar-refractivity contribution in [1.82, 2.24) is 4.90 Å². The Bertz CT molecular complexity index is 906. The maximum absolute atomic E-state index is 12.5. The minimum atomic E-state index is -3.74. The molecule has 0 unspecified atom stereocenters. The summed E-state index contributed by atoms with van der Waals surface area (Å²) in [7, 11) is -2.22. The Balaban J connectivity index is 1.60. The average Bonchev–Trinajstić information content (AvgIpc) is 2.72. The molecule has 1 fully saturated rings. The summed E-state index contributed by atoms with van der Waals surface area (Å²) < 4.78 is 38.2. The summed E-state index contributed by atoms with van der Waals surface area (Å²) in [5.41, 5.74) is 0.409. The lowest BCUT2D eigenvalue weighted by Crippen LogP contribution is -2.38. The van der Waals surface area contributed by atoms with Gasteiger partial charge in [-0.2, -0.15) is 0 Å². The van der Waals surface area contributed by atoms with Gasteiger partial charge in [0, 0.05) is 19.2 Å². The van der Waals surface area contributed by atoms with Gasteiger partial charge in [-0.05, 0) is 55.7 Å². The first kappa shape index (κ1) is 20.0. The molecule has 1 amide bonds. The first-order valence-corrected chi connectivity index (χ1v) is 10.6. The Morgan fingerprint density at radius 1 is 1.04 bits per heavy atom. The molecule has 0 spiro atoms. The van der Waals surface area contributed by atoms with Crippen LogP contribution < -0.4 is 14.2 Å². The zero-order valence-corrected chi connectivity index (χ0v) is 16.6. The van der Waals surface area contributed by atoms with Crippen LogP contribution in [-0.4, -0.2) is 46.0 Å². The molecule has 1 N–H and O–H groups in total. The van der Waals surface area contributed by atoms with E-state index in [9.17, 15) is 13.2 Å². The van der Waals surface area contributed by atoms with Gasteiger partial charge in [0.2, 0.25) is 0 Å². The number of carbonyl (C=O) groups is 1. The summed E-state index contributed by atoms with van der Waals surface area (Å²) in [4.78, 5) is 14.0. The number of benzene rings is 2. The molecule has 0 saturated carbocycles. The maximum atomic E-state index is 12.5. The van der Waals surface area contributed by atoms with Crippen LogP contribution in [0.5, 0.6) is 11.5 Å². The molecule has 0 aromatic heterocycles. The second kappa shape index (κ2) is 8.97. The molecule has 2 aromatic rings. The number of anilines is 1. The SMILES string of the molecule is COc1cccc(NS(=O)(=O)c2ccc(OCC(=O)N3CCCCC3)cc2)c1. The molecule has 150 valence electrons. The second-order valence-electron chi connectivity index (χ2n) is 6.54. The fourth-order valence-electron chi connectivity index (χ4n) is 3.00. The first-order chi connectivity index (χ1) is 13.5. The van der Waals surface area contributed by atoms with E-state index in [0.717, 1.165) is 32.4 Å². The number of nitrogens with zero attached hydrogens (tertiary/aromatic N) is 1. The molecule has 1 heterocycles. The van der Waals surface area contributed by atoms with E-state index < -0.39 is 10.0 Å². The highest BCUT2D eigenvalue weighted by atomic mass is 32.2. The highest BCUT2D eigenvalue weighted by Crippen LogP contribution is 2.22. The molecule has 0 aliphatic carbocycles. The third kappa shape index (κ3) is 5.16. The molecule has 0 radical (unpaired) electrons. The van der Waals surface area contributed by atoms with Gasteiger partial charge in [-0.3, -0.25) is 9.52 Å². The Kier molecular flexibility index (Phi) is 6.41. The monoisotopic (exact) mass is 404 g/mol. The second-order valence-corrected chi connectivity index (χ2v) is 8.22. The number of hydrogen-bond donors (Lipinski definition) is 1. The lowest BCUT2D eigenvalue weighted by atomic mass is 10.1. The molecule has 8 heteroatoms. The number of rotatable bonds is 7. The van der Waals surface area contributed by atoms with Gasteiger partial charge in [0.05, 0.1) is 17.7 Å². The van der Waals surface area contributed by atoms with Gasteiger partial charge >= 0.3 is 0 Å². The van der Waals surface area contributed by atoms with Crippen molar-refractivity contribution in [2.75, 3.05) is 31.5 Å². The first-order valence-electron chi connectivity index (χ1n) is 9.15. The van der Waals surface area contributed by atoms with E-state index in [-0.39, 0.29) is 17.4 Å². The van der Waals surface area contributed by atoms with Gasteiger partial charge in [0.15, 0.2) is 6.61 Å². The van der Waals surface area contributed by atoms with E-state index in [2.05, 4.69) is 4.72 Å². The van der Waals surface area contributed by atoms with Gasteiger partial charge < -0.3 is 14.4 Å². The summed E-state index contributed by atoms with van der Waals surface area (Å²) in [5.74, 6) is 0.962. The Labute approximate surface area is 165 Å². The van der Waals surface area contributed by atoms with Gasteiger partial charge in [0.25, 0.3) is 15.9 Å². The number of hydrogen-bond acceptors (Lipinski definition) is 5. The highest BCUT2D eigenvalue weighted by molar-refractivity contribution is 7.92. The van der Waals surface area contributed by atoms with E-state index in [1.54, 1.807) is 41.3 Å². The molecule has 1 aliphatic rings. The smallest absolute Gasteiger partial charge is 0.261 e. The minimum absolute atomic E-state index is 0.0453. The van der Waals surface area contributed by atoms with Crippen LogP contribution in [0.15, 0.2) is 53.4 Å². The van der Waals surface area contributed by atoms with Crippen LogP contribution in [0.25, 0.3) is 0 Å². The predicted molar refractivity (Wildman–Crippen MR) is 106 cm³/mol. The van der Waals surface area contributed by atoms with Crippen molar-refractivity contribution in [2.24, 2.45) is 0 Å². The number of likely N-dealkylation sites (tertiary alicyclic amines) is 1. The zero-order chi connectivity index (χ0) is 20.0. The van der Waals surface area contributed by atoms with E-state index >= 15 is 0 Å².